The smallest absolute Gasteiger partial charge is 0.133 e. The van der Waals surface area contributed by atoms with Crippen LogP contribution >= 0.6 is 0 Å². The van der Waals surface area contributed by atoms with Gasteiger partial charge < -0.3 is 15.0 Å². The van der Waals surface area contributed by atoms with Crippen molar-refractivity contribution >= 4 is 5.82 Å². The topological polar surface area (TPSA) is 37.4 Å². The SMILES string of the molecule is COC1(C)CCCN(c2ncccc2CNCC(C)C)C1. The summed E-state index contributed by atoms with van der Waals surface area (Å²) in [5.74, 6) is 1.77. The van der Waals surface area contributed by atoms with E-state index in [1.54, 1.807) is 0 Å². The van der Waals surface area contributed by atoms with E-state index in [1.807, 2.05) is 19.4 Å². The number of piperidine rings is 1. The maximum absolute atomic E-state index is 5.70. The molecular weight excluding hydrogens is 262 g/mol. The zero-order valence-corrected chi connectivity index (χ0v) is 13.9. The lowest BCUT2D eigenvalue weighted by molar-refractivity contribution is -0.00484. The minimum Gasteiger partial charge on any atom is -0.377 e. The molecule has 0 bridgehead atoms. The molecule has 1 aromatic heterocycles. The number of anilines is 1. The van der Waals surface area contributed by atoms with Crippen molar-refractivity contribution in [1.82, 2.24) is 10.3 Å². The van der Waals surface area contributed by atoms with E-state index in [-0.39, 0.29) is 5.60 Å². The highest BCUT2D eigenvalue weighted by Crippen LogP contribution is 2.28. The van der Waals surface area contributed by atoms with Gasteiger partial charge in [0.1, 0.15) is 5.82 Å². The molecule has 0 amide bonds. The van der Waals surface area contributed by atoms with Crippen LogP contribution in [0.4, 0.5) is 5.82 Å². The van der Waals surface area contributed by atoms with Crippen molar-refractivity contribution in [3.05, 3.63) is 23.9 Å². The van der Waals surface area contributed by atoms with E-state index >= 15 is 0 Å². The number of ether oxygens (including phenoxy) is 1. The zero-order valence-electron chi connectivity index (χ0n) is 13.9. The molecular formula is C17H29N3O. The van der Waals surface area contributed by atoms with Crippen LogP contribution in [0.1, 0.15) is 39.2 Å². The van der Waals surface area contributed by atoms with E-state index in [0.29, 0.717) is 5.92 Å². The maximum atomic E-state index is 5.70. The van der Waals surface area contributed by atoms with Crippen LogP contribution in [0.3, 0.4) is 0 Å². The highest BCUT2D eigenvalue weighted by atomic mass is 16.5. The molecule has 1 aliphatic rings. The monoisotopic (exact) mass is 291 g/mol. The van der Waals surface area contributed by atoms with E-state index in [4.69, 9.17) is 4.74 Å². The number of hydrogen-bond donors (Lipinski definition) is 1. The van der Waals surface area contributed by atoms with Crippen LogP contribution < -0.4 is 10.2 Å². The number of hydrogen-bond acceptors (Lipinski definition) is 4. The summed E-state index contributed by atoms with van der Waals surface area (Å²) in [6.45, 7) is 10.5. The molecule has 1 aliphatic heterocycles. The molecule has 4 heteroatoms. The normalized spacial score (nSPS) is 22.8. The zero-order chi connectivity index (χ0) is 15.3. The van der Waals surface area contributed by atoms with E-state index < -0.39 is 0 Å². The number of aromatic nitrogens is 1. The van der Waals surface area contributed by atoms with Gasteiger partial charge in [-0.05, 0) is 38.3 Å². The van der Waals surface area contributed by atoms with E-state index in [0.717, 1.165) is 44.8 Å². The van der Waals surface area contributed by atoms with Gasteiger partial charge in [0, 0.05) is 38.5 Å². The molecule has 2 rings (SSSR count). The third-order valence-corrected chi connectivity index (χ3v) is 4.19. The Morgan fingerprint density at radius 3 is 3.00 bits per heavy atom. The maximum Gasteiger partial charge on any atom is 0.133 e. The first kappa shape index (κ1) is 16.2. The van der Waals surface area contributed by atoms with E-state index in [9.17, 15) is 0 Å². The fourth-order valence-electron chi connectivity index (χ4n) is 2.90. The summed E-state index contributed by atoms with van der Waals surface area (Å²) in [6.07, 6.45) is 4.16. The molecule has 1 unspecified atom stereocenters. The first-order valence-electron chi connectivity index (χ1n) is 7.99. The molecule has 21 heavy (non-hydrogen) atoms. The molecule has 0 spiro atoms. The minimum absolute atomic E-state index is 0.0571. The molecule has 0 aromatic carbocycles. The predicted molar refractivity (Wildman–Crippen MR) is 87.6 cm³/mol. The summed E-state index contributed by atoms with van der Waals surface area (Å²) in [5, 5.41) is 3.52. The van der Waals surface area contributed by atoms with Crippen LogP contribution in [0.25, 0.3) is 0 Å². The largest absolute Gasteiger partial charge is 0.377 e. The van der Waals surface area contributed by atoms with Gasteiger partial charge in [-0.3, -0.25) is 0 Å². The third kappa shape index (κ3) is 4.42. The highest BCUT2D eigenvalue weighted by Gasteiger charge is 2.31. The number of methoxy groups -OCH3 is 1. The summed E-state index contributed by atoms with van der Waals surface area (Å²) < 4.78 is 5.70. The Morgan fingerprint density at radius 1 is 1.48 bits per heavy atom. The lowest BCUT2D eigenvalue weighted by Gasteiger charge is -2.40. The van der Waals surface area contributed by atoms with Gasteiger partial charge in [-0.15, -0.1) is 0 Å². The second kappa shape index (κ2) is 7.23. The number of nitrogens with zero attached hydrogens (tertiary/aromatic N) is 2. The molecule has 118 valence electrons. The van der Waals surface area contributed by atoms with Crippen molar-refractivity contribution in [3.63, 3.8) is 0 Å². The van der Waals surface area contributed by atoms with Crippen molar-refractivity contribution < 1.29 is 4.74 Å². The van der Waals surface area contributed by atoms with Gasteiger partial charge in [-0.25, -0.2) is 4.98 Å². The van der Waals surface area contributed by atoms with Crippen molar-refractivity contribution in [2.45, 2.75) is 45.8 Å². The third-order valence-electron chi connectivity index (χ3n) is 4.19. The van der Waals surface area contributed by atoms with Crippen molar-refractivity contribution in [2.75, 3.05) is 31.6 Å². The standard InChI is InChI=1S/C17H29N3O/c1-14(2)11-18-12-15-7-5-9-19-16(15)20-10-6-8-17(3,13-20)21-4/h5,7,9,14,18H,6,8,10-13H2,1-4H3. The summed E-state index contributed by atoms with van der Waals surface area (Å²) >= 11 is 0. The van der Waals surface area contributed by atoms with Crippen molar-refractivity contribution in [1.29, 1.82) is 0 Å². The Balaban J connectivity index is 2.08. The molecule has 1 saturated heterocycles. The Labute approximate surface area is 128 Å². The van der Waals surface area contributed by atoms with Crippen LogP contribution in [0, 0.1) is 5.92 Å². The molecule has 0 saturated carbocycles. The second-order valence-corrected chi connectivity index (χ2v) is 6.69. The summed E-state index contributed by atoms with van der Waals surface area (Å²) in [6, 6.07) is 4.20. The number of pyridine rings is 1. The quantitative estimate of drug-likeness (QED) is 0.874. The van der Waals surface area contributed by atoms with E-state index in [1.165, 1.54) is 5.56 Å². The lowest BCUT2D eigenvalue weighted by atomic mass is 9.94. The van der Waals surface area contributed by atoms with Gasteiger partial charge in [-0.2, -0.15) is 0 Å². The Morgan fingerprint density at radius 2 is 2.29 bits per heavy atom. The summed E-state index contributed by atoms with van der Waals surface area (Å²) in [7, 11) is 1.81. The van der Waals surface area contributed by atoms with Gasteiger partial charge in [-0.1, -0.05) is 19.9 Å². The average Bonchev–Trinajstić information content (AvgIpc) is 2.47. The lowest BCUT2D eigenvalue weighted by Crippen LogP contribution is -2.48. The summed E-state index contributed by atoms with van der Waals surface area (Å²) in [4.78, 5) is 7.00. The fourth-order valence-corrected chi connectivity index (χ4v) is 2.90. The molecule has 1 N–H and O–H groups in total. The van der Waals surface area contributed by atoms with Crippen LogP contribution in [0.15, 0.2) is 18.3 Å². The Kier molecular flexibility index (Phi) is 5.59. The molecule has 1 aromatic rings. The van der Waals surface area contributed by atoms with Gasteiger partial charge >= 0.3 is 0 Å². The van der Waals surface area contributed by atoms with E-state index in [2.05, 4.69) is 42.0 Å². The molecule has 2 heterocycles. The molecule has 4 nitrogen and oxygen atoms in total. The minimum atomic E-state index is -0.0571. The molecule has 0 aliphatic carbocycles. The second-order valence-electron chi connectivity index (χ2n) is 6.69. The van der Waals surface area contributed by atoms with Crippen LogP contribution in [-0.2, 0) is 11.3 Å². The first-order valence-corrected chi connectivity index (χ1v) is 7.99. The van der Waals surface area contributed by atoms with Crippen LogP contribution in [0.5, 0.6) is 0 Å². The van der Waals surface area contributed by atoms with Crippen LogP contribution in [-0.4, -0.2) is 37.3 Å². The summed E-state index contributed by atoms with van der Waals surface area (Å²) in [5.41, 5.74) is 1.22. The van der Waals surface area contributed by atoms with Gasteiger partial charge in [0.05, 0.1) is 5.60 Å². The molecule has 0 radical (unpaired) electrons. The van der Waals surface area contributed by atoms with Gasteiger partial charge in [0.15, 0.2) is 0 Å². The Hall–Kier alpha value is -1.13. The average molecular weight is 291 g/mol. The van der Waals surface area contributed by atoms with Crippen molar-refractivity contribution in [2.24, 2.45) is 5.92 Å². The molecule has 1 atom stereocenters. The number of rotatable bonds is 6. The predicted octanol–water partition coefficient (Wildman–Crippen LogP) is 2.83. The van der Waals surface area contributed by atoms with Gasteiger partial charge in [0.2, 0.25) is 0 Å². The van der Waals surface area contributed by atoms with Crippen LogP contribution in [0.2, 0.25) is 0 Å². The van der Waals surface area contributed by atoms with Gasteiger partial charge in [0.25, 0.3) is 0 Å². The Bertz CT molecular complexity index is 449. The molecule has 1 fully saturated rings. The fraction of sp³-hybridized carbons (Fsp3) is 0.706. The number of nitrogens with one attached hydrogen (secondary N) is 1. The van der Waals surface area contributed by atoms with Crippen molar-refractivity contribution in [3.8, 4) is 0 Å². The first-order chi connectivity index (χ1) is 10.0. The highest BCUT2D eigenvalue weighted by molar-refractivity contribution is 5.47.